The van der Waals surface area contributed by atoms with Gasteiger partial charge in [-0.1, -0.05) is 50.1 Å². The number of nitrogens with zero attached hydrogens (tertiary/aromatic N) is 2. The Morgan fingerprint density at radius 1 is 1.06 bits per heavy atom. The van der Waals surface area contributed by atoms with Gasteiger partial charge in [-0.25, -0.2) is 8.42 Å². The molecule has 1 fully saturated rings. The number of benzene rings is 2. The van der Waals surface area contributed by atoms with Gasteiger partial charge in [0.05, 0.1) is 10.6 Å². The lowest BCUT2D eigenvalue weighted by atomic mass is 10.0. The maximum absolute atomic E-state index is 13.3. The lowest BCUT2D eigenvalue weighted by molar-refractivity contribution is -0.125. The maximum atomic E-state index is 13.3. The first kappa shape index (κ1) is 25.2. The molecular formula is C26H33N3O5S. The topological polar surface area (TPSA) is 96.0 Å². The second kappa shape index (κ2) is 11.2. The van der Waals surface area contributed by atoms with E-state index in [9.17, 15) is 18.0 Å². The monoisotopic (exact) mass is 499 g/mol. The van der Waals surface area contributed by atoms with E-state index < -0.39 is 10.0 Å². The number of carbonyl (C=O) groups excluding carboxylic acids is 2. The number of hydrogen-bond acceptors (Lipinski definition) is 5. The van der Waals surface area contributed by atoms with Crippen LogP contribution in [0.2, 0.25) is 0 Å². The summed E-state index contributed by atoms with van der Waals surface area (Å²) in [5, 5.41) is 3.02. The van der Waals surface area contributed by atoms with Crippen LogP contribution < -0.4 is 15.0 Å². The van der Waals surface area contributed by atoms with Gasteiger partial charge in [0.2, 0.25) is 15.9 Å². The van der Waals surface area contributed by atoms with Crippen molar-refractivity contribution in [1.29, 1.82) is 0 Å². The van der Waals surface area contributed by atoms with Crippen molar-refractivity contribution >= 4 is 27.5 Å². The molecule has 2 amide bonds. The average molecular weight is 500 g/mol. The molecule has 0 aromatic heterocycles. The Bertz CT molecular complexity index is 1140. The average Bonchev–Trinajstić information content (AvgIpc) is 3.16. The number of nitrogens with one attached hydrogen (secondary N) is 1. The van der Waals surface area contributed by atoms with Crippen molar-refractivity contribution in [3.05, 3.63) is 54.1 Å². The zero-order valence-corrected chi connectivity index (χ0v) is 20.9. The van der Waals surface area contributed by atoms with Gasteiger partial charge in [0, 0.05) is 19.1 Å². The van der Waals surface area contributed by atoms with E-state index in [1.54, 1.807) is 6.07 Å². The van der Waals surface area contributed by atoms with Gasteiger partial charge in [-0.2, -0.15) is 4.31 Å². The minimum absolute atomic E-state index is 0.0738. The molecule has 1 atom stereocenters. The minimum atomic E-state index is -3.71. The van der Waals surface area contributed by atoms with Gasteiger partial charge in [-0.15, -0.1) is 0 Å². The Morgan fingerprint density at radius 2 is 1.77 bits per heavy atom. The van der Waals surface area contributed by atoms with Crippen LogP contribution in [0.1, 0.15) is 44.6 Å². The molecule has 2 aromatic carbocycles. The van der Waals surface area contributed by atoms with Gasteiger partial charge in [0.15, 0.2) is 6.61 Å². The summed E-state index contributed by atoms with van der Waals surface area (Å²) >= 11 is 0. The minimum Gasteiger partial charge on any atom is -0.482 e. The second-order valence-corrected chi connectivity index (χ2v) is 11.0. The van der Waals surface area contributed by atoms with Crippen LogP contribution >= 0.6 is 0 Å². The third kappa shape index (κ3) is 6.02. The molecule has 188 valence electrons. The van der Waals surface area contributed by atoms with Crippen LogP contribution in [0.25, 0.3) is 0 Å². The quantitative estimate of drug-likeness (QED) is 0.602. The molecule has 0 saturated carbocycles. The standard InChI is InChI=1S/C26H33N3O5S/c1-2-21(16-20-10-6-5-7-11-20)27-25(30)18-29-23-17-22(12-13-24(23)34-19-26(29)31)35(32,33)28-14-8-3-4-9-15-28/h5-7,10-13,17,21H,2-4,8-9,14-16,18-19H2,1H3,(H,27,30)/t21-/m1/s1. The molecule has 1 N–H and O–H groups in total. The third-order valence-electron chi connectivity index (χ3n) is 6.56. The van der Waals surface area contributed by atoms with Crippen LogP contribution in [0.3, 0.4) is 0 Å². The summed E-state index contributed by atoms with van der Waals surface area (Å²) in [5.74, 6) is -0.286. The van der Waals surface area contributed by atoms with Crippen LogP contribution in [-0.2, 0) is 26.0 Å². The van der Waals surface area contributed by atoms with Crippen molar-refractivity contribution in [1.82, 2.24) is 9.62 Å². The second-order valence-electron chi connectivity index (χ2n) is 9.08. The molecule has 2 aliphatic rings. The molecule has 0 spiro atoms. The van der Waals surface area contributed by atoms with Crippen molar-refractivity contribution in [2.24, 2.45) is 0 Å². The molecule has 2 heterocycles. The normalized spacial score (nSPS) is 17.7. The molecule has 0 radical (unpaired) electrons. The predicted octanol–water partition coefficient (Wildman–Crippen LogP) is 3.11. The Morgan fingerprint density at radius 3 is 2.46 bits per heavy atom. The Kier molecular flexibility index (Phi) is 8.07. The maximum Gasteiger partial charge on any atom is 0.265 e. The smallest absolute Gasteiger partial charge is 0.265 e. The van der Waals surface area contributed by atoms with Gasteiger partial charge < -0.3 is 10.1 Å². The molecule has 8 nitrogen and oxygen atoms in total. The lowest BCUT2D eigenvalue weighted by Gasteiger charge is -2.30. The lowest BCUT2D eigenvalue weighted by Crippen LogP contribution is -2.47. The Labute approximate surface area is 207 Å². The first-order valence-corrected chi connectivity index (χ1v) is 13.7. The van der Waals surface area contributed by atoms with E-state index in [4.69, 9.17) is 4.74 Å². The molecule has 9 heteroatoms. The van der Waals surface area contributed by atoms with E-state index in [1.807, 2.05) is 37.3 Å². The fourth-order valence-corrected chi connectivity index (χ4v) is 6.10. The zero-order chi connectivity index (χ0) is 24.8. The van der Waals surface area contributed by atoms with Crippen molar-refractivity contribution < 1.29 is 22.7 Å². The molecule has 2 aromatic rings. The van der Waals surface area contributed by atoms with Crippen molar-refractivity contribution in [3.8, 4) is 5.75 Å². The molecular weight excluding hydrogens is 466 g/mol. The largest absolute Gasteiger partial charge is 0.482 e. The van der Waals surface area contributed by atoms with Crippen LogP contribution in [0.15, 0.2) is 53.4 Å². The summed E-state index contributed by atoms with van der Waals surface area (Å²) in [7, 11) is -3.71. The summed E-state index contributed by atoms with van der Waals surface area (Å²) in [6, 6.07) is 14.4. The van der Waals surface area contributed by atoms with Gasteiger partial charge in [-0.3, -0.25) is 14.5 Å². The van der Waals surface area contributed by atoms with Crippen molar-refractivity contribution in [2.75, 3.05) is 31.1 Å². The van der Waals surface area contributed by atoms with E-state index in [0.29, 0.717) is 30.9 Å². The van der Waals surface area contributed by atoms with E-state index in [-0.39, 0.29) is 35.9 Å². The summed E-state index contributed by atoms with van der Waals surface area (Å²) in [6.45, 7) is 2.58. The van der Waals surface area contributed by atoms with E-state index in [1.165, 1.54) is 21.3 Å². The number of hydrogen-bond donors (Lipinski definition) is 1. The highest BCUT2D eigenvalue weighted by Gasteiger charge is 2.31. The Balaban J connectivity index is 1.51. The third-order valence-corrected chi connectivity index (χ3v) is 8.46. The van der Waals surface area contributed by atoms with Gasteiger partial charge in [-0.05, 0) is 49.4 Å². The molecule has 0 unspecified atom stereocenters. The zero-order valence-electron chi connectivity index (χ0n) is 20.1. The van der Waals surface area contributed by atoms with Gasteiger partial charge in [0.25, 0.3) is 5.91 Å². The number of rotatable bonds is 8. The van der Waals surface area contributed by atoms with E-state index >= 15 is 0 Å². The van der Waals surface area contributed by atoms with Crippen molar-refractivity contribution in [3.63, 3.8) is 0 Å². The van der Waals surface area contributed by atoms with Crippen molar-refractivity contribution in [2.45, 2.75) is 56.4 Å². The molecule has 0 bridgehead atoms. The molecule has 35 heavy (non-hydrogen) atoms. The highest BCUT2D eigenvalue weighted by atomic mass is 32.2. The summed E-state index contributed by atoms with van der Waals surface area (Å²) in [5.41, 5.74) is 1.43. The number of carbonyl (C=O) groups is 2. The highest BCUT2D eigenvalue weighted by Crippen LogP contribution is 2.35. The van der Waals surface area contributed by atoms with Crippen LogP contribution in [0.4, 0.5) is 5.69 Å². The number of anilines is 1. The summed E-state index contributed by atoms with van der Waals surface area (Å²) in [4.78, 5) is 27.1. The highest BCUT2D eigenvalue weighted by molar-refractivity contribution is 7.89. The van der Waals surface area contributed by atoms with E-state index in [2.05, 4.69) is 5.32 Å². The van der Waals surface area contributed by atoms with Crippen LogP contribution in [0.5, 0.6) is 5.75 Å². The van der Waals surface area contributed by atoms with Crippen LogP contribution in [0, 0.1) is 0 Å². The summed E-state index contributed by atoms with van der Waals surface area (Å²) in [6.07, 6.45) is 5.13. The van der Waals surface area contributed by atoms with E-state index in [0.717, 1.165) is 37.7 Å². The van der Waals surface area contributed by atoms with Gasteiger partial charge in [0.1, 0.15) is 12.3 Å². The summed E-state index contributed by atoms with van der Waals surface area (Å²) < 4.78 is 33.6. The number of amides is 2. The molecule has 4 rings (SSSR count). The number of sulfonamides is 1. The molecule has 0 aliphatic carbocycles. The molecule has 1 saturated heterocycles. The SMILES string of the molecule is CC[C@H](Cc1ccccc1)NC(=O)CN1C(=O)COc2ccc(S(=O)(=O)N3CCCCCC3)cc21. The predicted molar refractivity (Wildman–Crippen MR) is 134 cm³/mol. The fourth-order valence-electron chi connectivity index (χ4n) is 4.56. The Hall–Kier alpha value is -2.91. The molecule has 2 aliphatic heterocycles. The van der Waals surface area contributed by atoms with Crippen LogP contribution in [-0.4, -0.2) is 56.8 Å². The number of ether oxygens (including phenoxy) is 1. The fraction of sp³-hybridized carbons (Fsp3) is 0.462. The first-order chi connectivity index (χ1) is 16.9. The van der Waals surface area contributed by atoms with Gasteiger partial charge >= 0.3 is 0 Å². The first-order valence-electron chi connectivity index (χ1n) is 12.3. The number of fused-ring (bicyclic) bond motifs is 1.